The van der Waals surface area contributed by atoms with Gasteiger partial charge in [-0.1, -0.05) is 66.7 Å². The quantitative estimate of drug-likeness (QED) is 0.0986. The minimum absolute atomic E-state index is 0.100. The van der Waals surface area contributed by atoms with E-state index >= 15 is 0 Å². The third kappa shape index (κ3) is 9.25. The van der Waals surface area contributed by atoms with Crippen LogP contribution in [0.2, 0.25) is 0 Å². The van der Waals surface area contributed by atoms with Crippen molar-refractivity contribution in [3.63, 3.8) is 0 Å². The summed E-state index contributed by atoms with van der Waals surface area (Å²) in [4.78, 5) is 67.0. The number of carbonyl (C=O) groups is 4. The average molecular weight is 718 g/mol. The Hall–Kier alpha value is -4.64. The fourth-order valence-corrected chi connectivity index (χ4v) is 5.93. The van der Waals surface area contributed by atoms with Crippen molar-refractivity contribution < 1.29 is 64.6 Å². The van der Waals surface area contributed by atoms with Crippen molar-refractivity contribution in [2.45, 2.75) is 41.4 Å². The lowest BCUT2D eigenvalue weighted by Crippen LogP contribution is -2.55. The van der Waals surface area contributed by atoms with Gasteiger partial charge in [0.25, 0.3) is 0 Å². The second-order valence-corrected chi connectivity index (χ2v) is 14.1. The molecule has 13 nitrogen and oxygen atoms in total. The van der Waals surface area contributed by atoms with Gasteiger partial charge in [0.2, 0.25) is 17.7 Å². The maximum absolute atomic E-state index is 14.0. The number of alkyl halides is 4. The lowest BCUT2D eigenvalue weighted by atomic mass is 10.00. The number of benzene rings is 3. The predicted molar refractivity (Wildman–Crippen MR) is 159 cm³/mol. The number of hydrogen-bond donors (Lipinski definition) is 6. The molecule has 0 saturated carbocycles. The van der Waals surface area contributed by atoms with E-state index in [9.17, 15) is 49.7 Å². The number of nitrogens with two attached hydrogens (primary N) is 1. The number of amides is 3. The van der Waals surface area contributed by atoms with Crippen molar-refractivity contribution in [1.29, 1.82) is 0 Å². The highest BCUT2D eigenvalue weighted by molar-refractivity contribution is 7.92. The van der Waals surface area contributed by atoms with Crippen LogP contribution in [0.1, 0.15) is 22.3 Å². The van der Waals surface area contributed by atoms with Gasteiger partial charge < -0.3 is 31.3 Å². The minimum atomic E-state index is -5.87. The molecule has 2 unspecified atom stereocenters. The Bertz CT molecular complexity index is 1820. The standard InChI is InChI=1S/C29H28F4N3O10PS/c30-28(31,27(40)41)19-10-6-18(7-11-19)15-23(35-24(37)16-48(45,46)21-4-2-1-3-5-21)26(39)36-22(25(34)38)14-17-8-12-20(13-9-17)29(32,33)47(42,43)44/h1-13,22-23H,14-16H2,(H2,34,38)(H,35,37)(H,36,39)(H,40,41)(H2,42,43,44). The molecule has 0 saturated heterocycles. The third-order valence-corrected chi connectivity index (χ3v) is 9.49. The molecule has 0 aliphatic heterocycles. The van der Waals surface area contributed by atoms with E-state index in [0.29, 0.717) is 12.1 Å². The van der Waals surface area contributed by atoms with E-state index in [4.69, 9.17) is 20.6 Å². The second-order valence-electron chi connectivity index (χ2n) is 10.4. The summed E-state index contributed by atoms with van der Waals surface area (Å²) in [7, 11) is -10.1. The summed E-state index contributed by atoms with van der Waals surface area (Å²) in [6.45, 7) is 0. The summed E-state index contributed by atoms with van der Waals surface area (Å²) in [6, 6.07) is 10.7. The lowest BCUT2D eigenvalue weighted by molar-refractivity contribution is -0.166. The summed E-state index contributed by atoms with van der Waals surface area (Å²) < 4.78 is 92.4. The highest BCUT2D eigenvalue weighted by Gasteiger charge is 2.50. The van der Waals surface area contributed by atoms with Crippen LogP contribution in [-0.4, -0.2) is 64.8 Å². The Balaban J connectivity index is 1.86. The monoisotopic (exact) mass is 717 g/mol. The number of halogens is 4. The number of carboxylic acids is 1. The van der Waals surface area contributed by atoms with Gasteiger partial charge in [-0.3, -0.25) is 18.9 Å². The number of aliphatic carboxylic acids is 1. The first kappa shape index (κ1) is 37.8. The van der Waals surface area contributed by atoms with E-state index in [0.717, 1.165) is 36.4 Å². The Kier molecular flexibility index (Phi) is 11.5. The van der Waals surface area contributed by atoms with Crippen LogP contribution in [-0.2, 0) is 58.0 Å². The highest BCUT2D eigenvalue weighted by atomic mass is 32.2. The number of hydrogen-bond acceptors (Lipinski definition) is 7. The van der Waals surface area contributed by atoms with Crippen molar-refractivity contribution in [3.8, 4) is 0 Å². The van der Waals surface area contributed by atoms with Crippen LogP contribution in [0.4, 0.5) is 17.6 Å². The van der Waals surface area contributed by atoms with E-state index in [1.54, 1.807) is 0 Å². The van der Waals surface area contributed by atoms with Crippen LogP contribution in [0.25, 0.3) is 0 Å². The maximum atomic E-state index is 14.0. The molecule has 0 spiro atoms. The van der Waals surface area contributed by atoms with Gasteiger partial charge >= 0.3 is 25.2 Å². The molecule has 3 rings (SSSR count). The highest BCUT2D eigenvalue weighted by Crippen LogP contribution is 2.59. The zero-order valence-corrected chi connectivity index (χ0v) is 26.1. The van der Waals surface area contributed by atoms with Crippen LogP contribution >= 0.6 is 7.60 Å². The second kappa shape index (κ2) is 14.6. The molecule has 0 aliphatic rings. The maximum Gasteiger partial charge on any atom is 0.399 e. The molecular weight excluding hydrogens is 689 g/mol. The van der Waals surface area contributed by atoms with Crippen molar-refractivity contribution in [2.24, 2.45) is 5.73 Å². The predicted octanol–water partition coefficient (Wildman–Crippen LogP) is 1.80. The Morgan fingerprint density at radius 1 is 0.771 bits per heavy atom. The molecule has 0 fully saturated rings. The van der Waals surface area contributed by atoms with Crippen LogP contribution in [0.3, 0.4) is 0 Å². The van der Waals surface area contributed by atoms with Crippen molar-refractivity contribution >= 4 is 41.1 Å². The molecule has 0 heterocycles. The van der Waals surface area contributed by atoms with E-state index in [1.807, 2.05) is 0 Å². The Morgan fingerprint density at radius 3 is 1.71 bits per heavy atom. The zero-order chi connectivity index (χ0) is 36.1. The first-order chi connectivity index (χ1) is 22.1. The fraction of sp³-hybridized carbons (Fsp3) is 0.241. The van der Waals surface area contributed by atoms with E-state index in [1.165, 1.54) is 30.3 Å². The average Bonchev–Trinajstić information content (AvgIpc) is 3.00. The summed E-state index contributed by atoms with van der Waals surface area (Å²) >= 11 is 0. The van der Waals surface area contributed by atoms with Crippen LogP contribution in [0, 0.1) is 0 Å². The zero-order valence-electron chi connectivity index (χ0n) is 24.4. The smallest absolute Gasteiger partial charge is 0.399 e. The minimum Gasteiger partial charge on any atom is -0.477 e. The Labute approximate surface area is 270 Å². The molecule has 258 valence electrons. The van der Waals surface area contributed by atoms with Gasteiger partial charge in [0.15, 0.2) is 9.84 Å². The largest absolute Gasteiger partial charge is 0.477 e. The molecule has 0 bridgehead atoms. The molecule has 19 heteroatoms. The summed E-state index contributed by atoms with van der Waals surface area (Å²) in [5, 5.41) is 13.2. The van der Waals surface area contributed by atoms with Crippen molar-refractivity contribution in [3.05, 3.63) is 101 Å². The SMILES string of the molecule is NC(=O)C(Cc1ccc(C(F)(F)P(=O)(O)O)cc1)NC(=O)C(Cc1ccc(C(F)(F)C(=O)O)cc1)NC(=O)CS(=O)(=O)c1ccccc1. The summed E-state index contributed by atoms with van der Waals surface area (Å²) in [5.74, 6) is -11.2. The summed E-state index contributed by atoms with van der Waals surface area (Å²) in [5.41, 5.74) is -0.814. The number of carboxylic acid groups (broad SMARTS) is 1. The van der Waals surface area contributed by atoms with Crippen LogP contribution in [0.5, 0.6) is 0 Å². The molecule has 0 radical (unpaired) electrons. The number of primary amides is 1. The summed E-state index contributed by atoms with van der Waals surface area (Å²) in [6.07, 6.45) is -0.898. The molecule has 0 aromatic heterocycles. The lowest BCUT2D eigenvalue weighted by Gasteiger charge is -2.23. The number of carbonyl (C=O) groups excluding carboxylic acids is 3. The molecule has 7 N–H and O–H groups in total. The first-order valence-corrected chi connectivity index (χ1v) is 16.8. The molecule has 48 heavy (non-hydrogen) atoms. The molecular formula is C29H28F4N3O10PS. The molecule has 3 aromatic rings. The first-order valence-electron chi connectivity index (χ1n) is 13.6. The van der Waals surface area contributed by atoms with E-state index in [-0.39, 0.29) is 16.0 Å². The number of rotatable bonds is 15. The Morgan fingerprint density at radius 2 is 1.25 bits per heavy atom. The van der Waals surface area contributed by atoms with E-state index < -0.39 is 94.5 Å². The van der Waals surface area contributed by atoms with Crippen LogP contribution in [0.15, 0.2) is 83.8 Å². The topological polar surface area (TPSA) is 230 Å². The van der Waals surface area contributed by atoms with Crippen molar-refractivity contribution in [1.82, 2.24) is 10.6 Å². The van der Waals surface area contributed by atoms with Crippen LogP contribution < -0.4 is 16.4 Å². The third-order valence-electron chi connectivity index (χ3n) is 6.87. The molecule has 2 atom stereocenters. The van der Waals surface area contributed by atoms with Crippen molar-refractivity contribution in [2.75, 3.05) is 5.75 Å². The van der Waals surface area contributed by atoms with Gasteiger partial charge in [-0.25, -0.2) is 13.2 Å². The molecule has 3 amide bonds. The van der Waals surface area contributed by atoms with Gasteiger partial charge in [-0.2, -0.15) is 17.6 Å². The normalized spacial score (nSPS) is 13.6. The van der Waals surface area contributed by atoms with Gasteiger partial charge in [0, 0.05) is 24.0 Å². The fourth-order valence-electron chi connectivity index (χ4n) is 4.28. The van der Waals surface area contributed by atoms with Gasteiger partial charge in [-0.15, -0.1) is 0 Å². The molecule has 3 aromatic carbocycles. The van der Waals surface area contributed by atoms with Gasteiger partial charge in [0.1, 0.15) is 17.8 Å². The van der Waals surface area contributed by atoms with Gasteiger partial charge in [0.05, 0.1) is 4.90 Å². The van der Waals surface area contributed by atoms with E-state index in [2.05, 4.69) is 10.6 Å². The number of sulfone groups is 1. The van der Waals surface area contributed by atoms with Gasteiger partial charge in [-0.05, 0) is 23.3 Å². The molecule has 0 aliphatic carbocycles. The number of nitrogens with one attached hydrogen (secondary N) is 2.